The molecule has 2 heterocycles. The van der Waals surface area contributed by atoms with Gasteiger partial charge >= 0.3 is 6.09 Å². The lowest BCUT2D eigenvalue weighted by Crippen LogP contribution is -2.39. The van der Waals surface area contributed by atoms with Crippen molar-refractivity contribution in [1.29, 1.82) is 0 Å². The number of hydrazine groups is 1. The smallest absolute Gasteiger partial charge is 0.407 e. The van der Waals surface area contributed by atoms with Gasteiger partial charge in [-0.05, 0) is 36.3 Å². The first-order chi connectivity index (χ1) is 12.2. The van der Waals surface area contributed by atoms with E-state index in [0.717, 1.165) is 24.8 Å². The SMILES string of the molecule is O=C1NC[C@@H](F)COC2CCC3NNC(c4cccc(c4)CO1)C3C2. The molecule has 4 bridgehead atoms. The largest absolute Gasteiger partial charge is 0.445 e. The highest BCUT2D eigenvalue weighted by atomic mass is 19.1. The number of ether oxygens (including phenoxy) is 2. The zero-order valence-electron chi connectivity index (χ0n) is 14.0. The van der Waals surface area contributed by atoms with Gasteiger partial charge in [-0.25, -0.2) is 14.6 Å². The first-order valence-electron chi connectivity index (χ1n) is 8.95. The molecule has 1 aliphatic carbocycles. The number of fused-ring (bicyclic) bond motifs is 4. The van der Waals surface area contributed by atoms with Crippen LogP contribution in [0.2, 0.25) is 0 Å². The van der Waals surface area contributed by atoms with E-state index in [-0.39, 0.29) is 31.9 Å². The molecule has 0 aromatic heterocycles. The summed E-state index contributed by atoms with van der Waals surface area (Å²) in [7, 11) is 0. The number of alkyl carbamates (subject to hydrolysis) is 1. The average Bonchev–Trinajstić information content (AvgIpc) is 3.06. The van der Waals surface area contributed by atoms with Crippen LogP contribution in [0.25, 0.3) is 0 Å². The number of carbonyl (C=O) groups is 1. The standard InChI is InChI=1S/C18H24FN3O3/c19-13-8-20-18(23)25-9-11-2-1-3-12(6-11)17-15-7-14(24-10-13)4-5-16(15)21-22-17/h1-3,6,13-17,21-22H,4-5,7-10H2,(H,20,23)/t13-,14?,15?,16?,17?/m1/s1. The van der Waals surface area contributed by atoms with E-state index < -0.39 is 12.3 Å². The Bertz CT molecular complexity index is 629. The predicted octanol–water partition coefficient (Wildman–Crippen LogP) is 1.97. The van der Waals surface area contributed by atoms with Crippen molar-refractivity contribution in [3.05, 3.63) is 35.4 Å². The Hall–Kier alpha value is -1.70. The molecule has 1 aromatic carbocycles. The van der Waals surface area contributed by atoms with Gasteiger partial charge in [0, 0.05) is 6.04 Å². The summed E-state index contributed by atoms with van der Waals surface area (Å²) in [4.78, 5) is 11.7. The molecule has 25 heavy (non-hydrogen) atoms. The van der Waals surface area contributed by atoms with Crippen molar-refractivity contribution in [2.24, 2.45) is 5.92 Å². The Morgan fingerprint density at radius 2 is 2.12 bits per heavy atom. The second kappa shape index (κ2) is 7.27. The highest BCUT2D eigenvalue weighted by Gasteiger charge is 2.41. The highest BCUT2D eigenvalue weighted by Crippen LogP contribution is 2.39. The molecule has 3 N–H and O–H groups in total. The average molecular weight is 349 g/mol. The maximum Gasteiger partial charge on any atom is 0.407 e. The topological polar surface area (TPSA) is 71.6 Å². The van der Waals surface area contributed by atoms with Gasteiger partial charge in [-0.15, -0.1) is 0 Å². The molecule has 1 aromatic rings. The molecule has 1 saturated carbocycles. The van der Waals surface area contributed by atoms with Crippen molar-refractivity contribution in [2.75, 3.05) is 13.2 Å². The first kappa shape index (κ1) is 16.8. The first-order valence-corrected chi connectivity index (χ1v) is 8.95. The Morgan fingerprint density at radius 1 is 1.20 bits per heavy atom. The van der Waals surface area contributed by atoms with Crippen LogP contribution in [0.4, 0.5) is 9.18 Å². The number of nitrogens with one attached hydrogen (secondary N) is 3. The molecular formula is C18H24FN3O3. The van der Waals surface area contributed by atoms with E-state index in [9.17, 15) is 9.18 Å². The molecular weight excluding hydrogens is 325 g/mol. The zero-order chi connectivity index (χ0) is 17.2. The maximum absolute atomic E-state index is 14.0. The lowest BCUT2D eigenvalue weighted by molar-refractivity contribution is -0.0157. The summed E-state index contributed by atoms with van der Waals surface area (Å²) in [5.41, 5.74) is 8.89. The van der Waals surface area contributed by atoms with Crippen molar-refractivity contribution < 1.29 is 18.7 Å². The molecule has 0 radical (unpaired) electrons. The number of cyclic esters (lactones) is 1. The van der Waals surface area contributed by atoms with Crippen LogP contribution in [0, 0.1) is 5.92 Å². The Balaban J connectivity index is 1.58. The lowest BCUT2D eigenvalue weighted by atomic mass is 9.78. The van der Waals surface area contributed by atoms with Gasteiger partial charge in [-0.3, -0.25) is 5.43 Å². The van der Waals surface area contributed by atoms with Gasteiger partial charge in [0.15, 0.2) is 0 Å². The fraction of sp³-hybridized carbons (Fsp3) is 0.611. The van der Waals surface area contributed by atoms with Crippen LogP contribution in [-0.4, -0.2) is 37.6 Å². The molecule has 3 aliphatic rings. The van der Waals surface area contributed by atoms with Gasteiger partial charge in [0.1, 0.15) is 12.8 Å². The van der Waals surface area contributed by atoms with E-state index in [1.807, 2.05) is 12.1 Å². The quantitative estimate of drug-likeness (QED) is 0.668. The van der Waals surface area contributed by atoms with Crippen LogP contribution in [0.5, 0.6) is 0 Å². The normalized spacial score (nSPS) is 35.9. The summed E-state index contributed by atoms with van der Waals surface area (Å²) in [5, 5.41) is 2.45. The molecule has 4 unspecified atom stereocenters. The van der Waals surface area contributed by atoms with Crippen LogP contribution in [0.15, 0.2) is 24.3 Å². The molecule has 1 saturated heterocycles. The minimum atomic E-state index is -1.23. The van der Waals surface area contributed by atoms with Crippen LogP contribution < -0.4 is 16.2 Å². The van der Waals surface area contributed by atoms with E-state index in [1.54, 1.807) is 0 Å². The second-order valence-electron chi connectivity index (χ2n) is 7.10. The number of hydrogen-bond donors (Lipinski definition) is 3. The Kier molecular flexibility index (Phi) is 4.87. The molecule has 1 amide bonds. The minimum absolute atomic E-state index is 0.00160. The number of amides is 1. The summed E-state index contributed by atoms with van der Waals surface area (Å²) in [6.07, 6.45) is 1.05. The molecule has 6 nitrogen and oxygen atoms in total. The Morgan fingerprint density at radius 3 is 3.04 bits per heavy atom. The van der Waals surface area contributed by atoms with E-state index >= 15 is 0 Å². The van der Waals surface area contributed by atoms with Crippen LogP contribution in [0.3, 0.4) is 0 Å². The van der Waals surface area contributed by atoms with Crippen LogP contribution in [-0.2, 0) is 16.1 Å². The third-order valence-corrected chi connectivity index (χ3v) is 5.36. The van der Waals surface area contributed by atoms with Crippen LogP contribution in [0.1, 0.15) is 36.4 Å². The number of hydrogen-bond acceptors (Lipinski definition) is 5. The molecule has 136 valence electrons. The van der Waals surface area contributed by atoms with Gasteiger partial charge in [-0.2, -0.15) is 0 Å². The molecule has 4 rings (SSSR count). The van der Waals surface area contributed by atoms with E-state index in [4.69, 9.17) is 9.47 Å². The van der Waals surface area contributed by atoms with E-state index in [2.05, 4.69) is 28.3 Å². The molecule has 2 aliphatic heterocycles. The molecule has 0 spiro atoms. The van der Waals surface area contributed by atoms with E-state index in [0.29, 0.717) is 12.0 Å². The third kappa shape index (κ3) is 3.78. The van der Waals surface area contributed by atoms with Crippen molar-refractivity contribution >= 4 is 6.09 Å². The van der Waals surface area contributed by atoms with Crippen molar-refractivity contribution in [3.8, 4) is 0 Å². The summed E-state index contributed by atoms with van der Waals surface area (Å²) in [6.45, 7) is 0.0784. The minimum Gasteiger partial charge on any atom is -0.445 e. The number of alkyl halides is 1. The van der Waals surface area contributed by atoms with Gasteiger partial charge in [0.2, 0.25) is 0 Å². The van der Waals surface area contributed by atoms with E-state index in [1.165, 1.54) is 5.56 Å². The number of benzene rings is 1. The second-order valence-corrected chi connectivity index (χ2v) is 7.10. The van der Waals surface area contributed by atoms with Crippen molar-refractivity contribution in [2.45, 2.75) is 50.2 Å². The van der Waals surface area contributed by atoms with Gasteiger partial charge in [0.25, 0.3) is 0 Å². The fourth-order valence-corrected chi connectivity index (χ4v) is 4.07. The van der Waals surface area contributed by atoms with Gasteiger partial charge < -0.3 is 14.8 Å². The van der Waals surface area contributed by atoms with Crippen molar-refractivity contribution in [1.82, 2.24) is 16.2 Å². The summed E-state index contributed by atoms with van der Waals surface area (Å²) >= 11 is 0. The molecule has 5 atom stereocenters. The van der Waals surface area contributed by atoms with Crippen LogP contribution >= 0.6 is 0 Å². The number of rotatable bonds is 0. The lowest BCUT2D eigenvalue weighted by Gasteiger charge is -2.33. The number of carbonyl (C=O) groups excluding carboxylic acids is 1. The van der Waals surface area contributed by atoms with Gasteiger partial charge in [0.05, 0.1) is 25.3 Å². The summed E-state index contributed by atoms with van der Waals surface area (Å²) < 4.78 is 24.9. The maximum atomic E-state index is 14.0. The highest BCUT2D eigenvalue weighted by molar-refractivity contribution is 5.67. The Labute approximate surface area is 146 Å². The molecule has 2 fully saturated rings. The zero-order valence-corrected chi connectivity index (χ0v) is 14.0. The summed E-state index contributed by atoms with van der Waals surface area (Å²) in [6, 6.07) is 8.65. The predicted molar refractivity (Wildman–Crippen MR) is 89.4 cm³/mol. The third-order valence-electron chi connectivity index (χ3n) is 5.36. The van der Waals surface area contributed by atoms with Gasteiger partial charge in [-0.1, -0.05) is 24.3 Å². The van der Waals surface area contributed by atoms with Crippen molar-refractivity contribution in [3.63, 3.8) is 0 Å². The fourth-order valence-electron chi connectivity index (χ4n) is 4.07. The molecule has 7 heteroatoms. The number of halogens is 1. The summed E-state index contributed by atoms with van der Waals surface area (Å²) in [5.74, 6) is 0.401. The monoisotopic (exact) mass is 349 g/mol.